The third-order valence-electron chi connectivity index (χ3n) is 5.02. The van der Waals surface area contributed by atoms with Crippen molar-refractivity contribution in [1.82, 2.24) is 25.1 Å². The van der Waals surface area contributed by atoms with Crippen LogP contribution in [0.4, 0.5) is 11.1 Å². The SMILES string of the molecule is C/C(=N\Nc1nnc(SCC(=O)Nc2nnc(SCc3cccc(Br)c3)s2)n1N)c1ccc2c(c1)OCO2. The summed E-state index contributed by atoms with van der Waals surface area (Å²) in [4.78, 5) is 12.4. The molecular formula is C22H20BrN9O3S3. The van der Waals surface area contributed by atoms with Crippen molar-refractivity contribution in [3.8, 4) is 11.5 Å². The summed E-state index contributed by atoms with van der Waals surface area (Å²) >= 11 is 7.48. The molecule has 0 atom stereocenters. The second kappa shape index (κ2) is 12.0. The first-order chi connectivity index (χ1) is 18.4. The molecule has 0 bridgehead atoms. The number of halogens is 1. The van der Waals surface area contributed by atoms with E-state index in [1.165, 1.54) is 16.0 Å². The number of hydrogen-bond acceptors (Lipinski definition) is 13. The van der Waals surface area contributed by atoms with Crippen LogP contribution in [0.1, 0.15) is 18.1 Å². The molecule has 0 aliphatic carbocycles. The molecule has 1 aliphatic rings. The van der Waals surface area contributed by atoms with Crippen molar-refractivity contribution < 1.29 is 14.3 Å². The van der Waals surface area contributed by atoms with Gasteiger partial charge in [0.25, 0.3) is 5.95 Å². The van der Waals surface area contributed by atoms with Crippen LogP contribution < -0.4 is 26.1 Å². The van der Waals surface area contributed by atoms with E-state index < -0.39 is 0 Å². The minimum Gasteiger partial charge on any atom is -0.454 e. The summed E-state index contributed by atoms with van der Waals surface area (Å²) in [5, 5.41) is 24.1. The third kappa shape index (κ3) is 6.56. The van der Waals surface area contributed by atoms with Gasteiger partial charge in [-0.15, -0.1) is 20.4 Å². The van der Waals surface area contributed by atoms with Crippen LogP contribution in [0.3, 0.4) is 0 Å². The molecule has 5 rings (SSSR count). The lowest BCUT2D eigenvalue weighted by Crippen LogP contribution is -2.17. The van der Waals surface area contributed by atoms with Crippen LogP contribution in [0.25, 0.3) is 0 Å². The van der Waals surface area contributed by atoms with E-state index in [0.29, 0.717) is 27.5 Å². The first-order valence-corrected chi connectivity index (χ1v) is 14.6. The smallest absolute Gasteiger partial charge is 0.264 e. The van der Waals surface area contributed by atoms with Crippen LogP contribution >= 0.6 is 50.8 Å². The molecule has 0 spiro atoms. The van der Waals surface area contributed by atoms with E-state index in [0.717, 1.165) is 37.5 Å². The Hall–Kier alpha value is -3.34. The number of benzene rings is 2. The number of thioether (sulfide) groups is 2. The molecule has 38 heavy (non-hydrogen) atoms. The number of anilines is 2. The highest BCUT2D eigenvalue weighted by atomic mass is 79.9. The summed E-state index contributed by atoms with van der Waals surface area (Å²) in [6, 6.07) is 13.6. The lowest BCUT2D eigenvalue weighted by molar-refractivity contribution is -0.113. The van der Waals surface area contributed by atoms with E-state index in [-0.39, 0.29) is 24.4 Å². The molecule has 0 saturated heterocycles. The summed E-state index contributed by atoms with van der Waals surface area (Å²) < 4.78 is 13.8. The van der Waals surface area contributed by atoms with Crippen molar-refractivity contribution in [3.63, 3.8) is 0 Å². The van der Waals surface area contributed by atoms with Gasteiger partial charge in [-0.1, -0.05) is 62.9 Å². The van der Waals surface area contributed by atoms with Crippen molar-refractivity contribution >= 4 is 73.5 Å². The number of ether oxygens (including phenoxy) is 2. The van der Waals surface area contributed by atoms with E-state index in [1.54, 1.807) is 11.8 Å². The maximum atomic E-state index is 12.4. The quantitative estimate of drug-likeness (QED) is 0.0756. The van der Waals surface area contributed by atoms with Gasteiger partial charge in [0.2, 0.25) is 23.0 Å². The fourth-order valence-corrected chi connectivity index (χ4v) is 5.96. The van der Waals surface area contributed by atoms with E-state index in [9.17, 15) is 4.79 Å². The average molecular weight is 635 g/mol. The largest absolute Gasteiger partial charge is 0.454 e. The lowest BCUT2D eigenvalue weighted by atomic mass is 10.1. The zero-order chi connectivity index (χ0) is 26.5. The highest BCUT2D eigenvalue weighted by molar-refractivity contribution is 9.10. The number of carbonyl (C=O) groups is 1. The number of carbonyl (C=O) groups excluding carboxylic acids is 1. The van der Waals surface area contributed by atoms with Crippen molar-refractivity contribution in [3.05, 3.63) is 58.1 Å². The molecule has 196 valence electrons. The van der Waals surface area contributed by atoms with Crippen LogP contribution in [0, 0.1) is 0 Å². The van der Waals surface area contributed by atoms with Gasteiger partial charge in [-0.05, 0) is 42.8 Å². The molecule has 4 N–H and O–H groups in total. The lowest BCUT2D eigenvalue weighted by Gasteiger charge is -2.05. The van der Waals surface area contributed by atoms with Crippen molar-refractivity contribution in [2.75, 3.05) is 29.1 Å². The predicted molar refractivity (Wildman–Crippen MR) is 152 cm³/mol. The fourth-order valence-electron chi connectivity index (χ4n) is 3.15. The Morgan fingerprint density at radius 2 is 2.03 bits per heavy atom. The summed E-state index contributed by atoms with van der Waals surface area (Å²) in [6.45, 7) is 2.04. The molecule has 2 aromatic heterocycles. The zero-order valence-corrected chi connectivity index (χ0v) is 23.8. The summed E-state index contributed by atoms with van der Waals surface area (Å²) in [5.74, 6) is 8.23. The third-order valence-corrected chi connectivity index (χ3v) is 8.49. The van der Waals surface area contributed by atoms with Gasteiger partial charge in [-0.3, -0.25) is 10.1 Å². The minimum absolute atomic E-state index is 0.0644. The summed E-state index contributed by atoms with van der Waals surface area (Å²) in [7, 11) is 0. The molecule has 1 amide bonds. The standard InChI is InChI=1S/C22H20BrN9O3S3/c1-12(14-5-6-16-17(8-14)35-11-34-16)26-27-19-28-30-21(32(19)24)36-10-18(33)25-20-29-31-22(38-20)37-9-13-3-2-4-15(23)7-13/h2-8H,9-11,24H2,1H3,(H,27,28)(H,25,29,33)/b26-12+. The Morgan fingerprint density at radius 1 is 1.16 bits per heavy atom. The van der Waals surface area contributed by atoms with E-state index in [1.807, 2.05) is 43.3 Å². The second-order valence-electron chi connectivity index (χ2n) is 7.68. The second-order valence-corrected chi connectivity index (χ2v) is 11.7. The van der Waals surface area contributed by atoms with Crippen LogP contribution in [-0.2, 0) is 10.5 Å². The topological polar surface area (TPSA) is 154 Å². The molecule has 3 heterocycles. The molecule has 1 aliphatic heterocycles. The Kier molecular flexibility index (Phi) is 8.31. The van der Waals surface area contributed by atoms with Crippen molar-refractivity contribution in [2.45, 2.75) is 22.2 Å². The zero-order valence-electron chi connectivity index (χ0n) is 19.8. The van der Waals surface area contributed by atoms with Crippen LogP contribution in [0.5, 0.6) is 11.5 Å². The summed E-state index contributed by atoms with van der Waals surface area (Å²) in [6.07, 6.45) is 0. The molecular weight excluding hydrogens is 614 g/mol. The Morgan fingerprint density at radius 3 is 2.89 bits per heavy atom. The van der Waals surface area contributed by atoms with Crippen LogP contribution in [0.2, 0.25) is 0 Å². The molecule has 0 fully saturated rings. The molecule has 12 nitrogen and oxygen atoms in total. The van der Waals surface area contributed by atoms with Gasteiger partial charge in [0.05, 0.1) is 11.5 Å². The van der Waals surface area contributed by atoms with E-state index in [2.05, 4.69) is 58.2 Å². The maximum absolute atomic E-state index is 12.4. The molecule has 0 saturated carbocycles. The number of nitrogen functional groups attached to an aromatic ring is 1. The summed E-state index contributed by atoms with van der Waals surface area (Å²) in [5.41, 5.74) is 5.50. The van der Waals surface area contributed by atoms with Crippen LogP contribution in [-0.4, -0.2) is 49.2 Å². The minimum atomic E-state index is -0.260. The van der Waals surface area contributed by atoms with Gasteiger partial charge in [0, 0.05) is 15.8 Å². The molecule has 0 unspecified atom stereocenters. The molecule has 4 aromatic rings. The number of hydrazone groups is 1. The van der Waals surface area contributed by atoms with E-state index in [4.69, 9.17) is 15.3 Å². The molecule has 0 radical (unpaired) electrons. The number of fused-ring (bicyclic) bond motifs is 1. The van der Waals surface area contributed by atoms with Gasteiger partial charge in [-0.25, -0.2) is 10.1 Å². The Labute approximate surface area is 237 Å². The van der Waals surface area contributed by atoms with Crippen LogP contribution in [0.15, 0.2) is 61.5 Å². The number of aromatic nitrogens is 5. The van der Waals surface area contributed by atoms with Gasteiger partial charge < -0.3 is 15.3 Å². The van der Waals surface area contributed by atoms with Gasteiger partial charge in [0.1, 0.15) is 0 Å². The highest BCUT2D eigenvalue weighted by Gasteiger charge is 2.16. The van der Waals surface area contributed by atoms with Gasteiger partial charge in [0.15, 0.2) is 15.8 Å². The highest BCUT2D eigenvalue weighted by Crippen LogP contribution is 2.33. The van der Waals surface area contributed by atoms with Crippen molar-refractivity contribution in [1.29, 1.82) is 0 Å². The molecule has 16 heteroatoms. The first kappa shape index (κ1) is 26.3. The normalized spacial score (nSPS) is 12.5. The molecule has 2 aromatic carbocycles. The number of nitrogens with two attached hydrogens (primary N) is 1. The Balaban J connectivity index is 1.10. The predicted octanol–water partition coefficient (Wildman–Crippen LogP) is 4.19. The number of hydrogen-bond donors (Lipinski definition) is 3. The Bertz CT molecular complexity index is 1490. The monoisotopic (exact) mass is 633 g/mol. The average Bonchev–Trinajstić information content (AvgIpc) is 3.65. The maximum Gasteiger partial charge on any atom is 0.264 e. The number of amides is 1. The van der Waals surface area contributed by atoms with E-state index >= 15 is 0 Å². The van der Waals surface area contributed by atoms with Crippen molar-refractivity contribution in [2.24, 2.45) is 5.10 Å². The first-order valence-electron chi connectivity index (χ1n) is 11.0. The fraction of sp³-hybridized carbons (Fsp3) is 0.182. The number of nitrogens with one attached hydrogen (secondary N) is 2. The van der Waals surface area contributed by atoms with Gasteiger partial charge in [-0.2, -0.15) is 5.10 Å². The number of nitrogens with zero attached hydrogens (tertiary/aromatic N) is 6. The van der Waals surface area contributed by atoms with Gasteiger partial charge >= 0.3 is 0 Å². The number of rotatable bonds is 10.